The van der Waals surface area contributed by atoms with Gasteiger partial charge < -0.3 is 19.2 Å². The molecule has 0 bridgehead atoms. The summed E-state index contributed by atoms with van der Waals surface area (Å²) in [4.78, 5) is 29.6. The largest absolute Gasteiger partial charge is 0.507 e. The monoisotopic (exact) mass is 486 g/mol. The number of hydrogen-bond acceptors (Lipinski definition) is 6. The van der Waals surface area contributed by atoms with Crippen LogP contribution in [0.25, 0.3) is 5.76 Å². The predicted octanol–water partition coefficient (Wildman–Crippen LogP) is 5.29. The van der Waals surface area contributed by atoms with Gasteiger partial charge in [0.25, 0.3) is 11.7 Å². The highest BCUT2D eigenvalue weighted by molar-refractivity contribution is 6.51. The number of aliphatic hydroxyl groups excluding tert-OH is 1. The number of carbonyl (C=O) groups excluding carboxylic acids is 2. The third-order valence-corrected chi connectivity index (χ3v) is 5.87. The van der Waals surface area contributed by atoms with Crippen LogP contribution in [0.3, 0.4) is 0 Å². The van der Waals surface area contributed by atoms with E-state index < -0.39 is 23.5 Å². The molecule has 2 aromatic carbocycles. The minimum atomic E-state index is -1.01. The number of nitrogens with zero attached hydrogens (tertiary/aromatic N) is 2. The summed E-state index contributed by atoms with van der Waals surface area (Å²) in [6.45, 7) is 0. The molecule has 0 saturated carbocycles. The Kier molecular flexibility index (Phi) is 6.10. The first-order valence-corrected chi connectivity index (χ1v) is 10.7. The van der Waals surface area contributed by atoms with Crippen LogP contribution in [-0.2, 0) is 9.59 Å². The van der Waals surface area contributed by atoms with Crippen LogP contribution in [0.4, 0.5) is 11.4 Å². The first kappa shape index (κ1) is 22.8. The van der Waals surface area contributed by atoms with Gasteiger partial charge in [-0.25, -0.2) is 0 Å². The van der Waals surface area contributed by atoms with E-state index in [-0.39, 0.29) is 26.9 Å². The molecule has 1 N–H and O–H groups in total. The summed E-state index contributed by atoms with van der Waals surface area (Å²) in [7, 11) is 5.17. The van der Waals surface area contributed by atoms with Crippen LogP contribution in [0.15, 0.2) is 64.8 Å². The number of amides is 1. The number of ketones is 1. The van der Waals surface area contributed by atoms with Crippen LogP contribution < -0.4 is 14.5 Å². The molecular weight excluding hydrogens is 467 g/mol. The lowest BCUT2D eigenvalue weighted by molar-refractivity contribution is -0.132. The van der Waals surface area contributed by atoms with Crippen molar-refractivity contribution < 1.29 is 23.8 Å². The van der Waals surface area contributed by atoms with Gasteiger partial charge in [0.05, 0.1) is 29.5 Å². The lowest BCUT2D eigenvalue weighted by atomic mass is 9.98. The highest BCUT2D eigenvalue weighted by atomic mass is 35.5. The third-order valence-electron chi connectivity index (χ3n) is 5.37. The molecule has 3 aromatic rings. The van der Waals surface area contributed by atoms with E-state index in [0.717, 1.165) is 5.69 Å². The number of methoxy groups -OCH3 is 1. The molecule has 170 valence electrons. The van der Waals surface area contributed by atoms with Crippen LogP contribution in [0.5, 0.6) is 5.75 Å². The number of aliphatic hydroxyl groups is 1. The van der Waals surface area contributed by atoms with E-state index in [1.807, 2.05) is 31.1 Å². The third kappa shape index (κ3) is 3.94. The number of ether oxygens (including phenoxy) is 1. The number of halogens is 2. The number of hydrogen-bond donors (Lipinski definition) is 1. The Labute approximate surface area is 200 Å². The second kappa shape index (κ2) is 8.84. The molecule has 0 aliphatic carbocycles. The van der Waals surface area contributed by atoms with Crippen LogP contribution >= 0.6 is 23.2 Å². The van der Waals surface area contributed by atoms with Crippen molar-refractivity contribution in [1.82, 2.24) is 0 Å². The molecule has 1 atom stereocenters. The van der Waals surface area contributed by atoms with E-state index in [1.165, 1.54) is 30.4 Å². The molecule has 1 aliphatic heterocycles. The number of furan rings is 1. The molecule has 33 heavy (non-hydrogen) atoms. The highest BCUT2D eigenvalue weighted by Gasteiger charge is 2.48. The van der Waals surface area contributed by atoms with Crippen LogP contribution in [-0.4, -0.2) is 38.0 Å². The molecule has 9 heteroatoms. The van der Waals surface area contributed by atoms with Crippen molar-refractivity contribution in [3.8, 4) is 5.75 Å². The number of anilines is 2. The molecule has 0 spiro atoms. The summed E-state index contributed by atoms with van der Waals surface area (Å²) in [6.07, 6.45) is 1.43. The Balaban J connectivity index is 1.94. The topological polar surface area (TPSA) is 83.2 Å². The fourth-order valence-electron chi connectivity index (χ4n) is 3.82. The van der Waals surface area contributed by atoms with Crippen molar-refractivity contribution in [3.05, 3.63) is 81.7 Å². The van der Waals surface area contributed by atoms with E-state index in [2.05, 4.69) is 0 Å². The summed E-state index contributed by atoms with van der Waals surface area (Å²) in [5.74, 6) is -1.72. The Morgan fingerprint density at radius 1 is 1.12 bits per heavy atom. The van der Waals surface area contributed by atoms with Crippen LogP contribution in [0.1, 0.15) is 17.4 Å². The van der Waals surface area contributed by atoms with Gasteiger partial charge in [0, 0.05) is 30.5 Å². The van der Waals surface area contributed by atoms with Crippen LogP contribution in [0, 0.1) is 0 Å². The Hall–Kier alpha value is -3.42. The summed E-state index contributed by atoms with van der Waals surface area (Å²) in [5.41, 5.74) is 1.32. The molecule has 1 aliphatic rings. The lowest BCUT2D eigenvalue weighted by Gasteiger charge is -2.24. The molecule has 1 unspecified atom stereocenters. The second-order valence-corrected chi connectivity index (χ2v) is 8.41. The molecule has 1 saturated heterocycles. The van der Waals surface area contributed by atoms with Gasteiger partial charge in [-0.3, -0.25) is 14.5 Å². The SMILES string of the molecule is COc1c(Cl)cc(Cl)cc1/C(O)=C1/C(=O)C(=O)N(c2ccc(N(C)C)cc2)C1c1ccco1. The lowest BCUT2D eigenvalue weighted by Crippen LogP contribution is -2.29. The molecular formula is C24H20Cl2N2O5. The van der Waals surface area contributed by atoms with Gasteiger partial charge in [-0.1, -0.05) is 23.2 Å². The predicted molar refractivity (Wildman–Crippen MR) is 127 cm³/mol. The number of rotatable bonds is 5. The van der Waals surface area contributed by atoms with Gasteiger partial charge in [-0.15, -0.1) is 0 Å². The van der Waals surface area contributed by atoms with E-state index in [1.54, 1.807) is 24.3 Å². The van der Waals surface area contributed by atoms with E-state index >= 15 is 0 Å². The normalized spacial score (nSPS) is 17.5. The van der Waals surface area contributed by atoms with Gasteiger partial charge in [0.15, 0.2) is 0 Å². The minimum Gasteiger partial charge on any atom is -0.507 e. The fraction of sp³-hybridized carbons (Fsp3) is 0.167. The maximum absolute atomic E-state index is 13.2. The summed E-state index contributed by atoms with van der Waals surface area (Å²) in [6, 6.07) is 12.2. The van der Waals surface area contributed by atoms with E-state index in [9.17, 15) is 14.7 Å². The highest BCUT2D eigenvalue weighted by Crippen LogP contribution is 2.45. The quantitative estimate of drug-likeness (QED) is 0.299. The smallest absolute Gasteiger partial charge is 0.300 e. The molecule has 1 amide bonds. The first-order valence-electron chi connectivity index (χ1n) is 9.89. The van der Waals surface area contributed by atoms with Crippen molar-refractivity contribution in [2.24, 2.45) is 0 Å². The summed E-state index contributed by atoms with van der Waals surface area (Å²) < 4.78 is 10.9. The van der Waals surface area contributed by atoms with E-state index in [0.29, 0.717) is 11.4 Å². The fourth-order valence-corrected chi connectivity index (χ4v) is 4.39. The Morgan fingerprint density at radius 3 is 2.39 bits per heavy atom. The second-order valence-electron chi connectivity index (χ2n) is 7.56. The zero-order valence-corrected chi connectivity index (χ0v) is 19.5. The molecule has 2 heterocycles. The summed E-state index contributed by atoms with van der Waals surface area (Å²) >= 11 is 12.4. The molecule has 4 rings (SSSR count). The van der Waals surface area contributed by atoms with Crippen molar-refractivity contribution in [3.63, 3.8) is 0 Å². The zero-order valence-electron chi connectivity index (χ0n) is 18.0. The minimum absolute atomic E-state index is 0.0903. The number of carbonyl (C=O) groups is 2. The average molecular weight is 487 g/mol. The van der Waals surface area contributed by atoms with Crippen molar-refractivity contribution in [2.75, 3.05) is 31.0 Å². The van der Waals surface area contributed by atoms with Gasteiger partial charge in [-0.05, 0) is 48.5 Å². The molecule has 7 nitrogen and oxygen atoms in total. The van der Waals surface area contributed by atoms with Crippen molar-refractivity contribution >= 4 is 52.0 Å². The molecule has 1 fully saturated rings. The van der Waals surface area contributed by atoms with Crippen LogP contribution in [0.2, 0.25) is 10.0 Å². The van der Waals surface area contributed by atoms with Gasteiger partial charge >= 0.3 is 0 Å². The van der Waals surface area contributed by atoms with Gasteiger partial charge in [0.1, 0.15) is 23.3 Å². The van der Waals surface area contributed by atoms with Gasteiger partial charge in [-0.2, -0.15) is 0 Å². The Bertz CT molecular complexity index is 1250. The molecule has 1 aromatic heterocycles. The Morgan fingerprint density at radius 2 is 1.82 bits per heavy atom. The zero-order chi connectivity index (χ0) is 23.9. The maximum Gasteiger partial charge on any atom is 0.300 e. The standard InChI is InChI=1S/C24H20Cl2N2O5/c1-27(2)14-6-8-15(9-7-14)28-20(18-5-4-10-33-18)19(22(30)24(28)31)21(29)16-11-13(25)12-17(26)23(16)32-3/h4-12,20,29H,1-3H3/b21-19-. The number of Topliss-reactive ketones (excluding diaryl/α,β-unsaturated/α-hetero) is 1. The maximum atomic E-state index is 13.2. The van der Waals surface area contributed by atoms with Gasteiger partial charge in [0.2, 0.25) is 0 Å². The van der Waals surface area contributed by atoms with Crippen molar-refractivity contribution in [2.45, 2.75) is 6.04 Å². The number of benzene rings is 2. The average Bonchev–Trinajstić information content (AvgIpc) is 3.40. The summed E-state index contributed by atoms with van der Waals surface area (Å²) in [5, 5.41) is 11.6. The molecule has 0 radical (unpaired) electrons. The van der Waals surface area contributed by atoms with E-state index in [4.69, 9.17) is 32.4 Å². The first-order chi connectivity index (χ1) is 15.7. The van der Waals surface area contributed by atoms with Crippen molar-refractivity contribution in [1.29, 1.82) is 0 Å².